The molecule has 0 unspecified atom stereocenters. The quantitative estimate of drug-likeness (QED) is 0.575. The Labute approximate surface area is 213 Å². The first kappa shape index (κ1) is 26.2. The first-order chi connectivity index (χ1) is 17.5. The zero-order valence-corrected chi connectivity index (χ0v) is 20.8. The van der Waals surface area contributed by atoms with Gasteiger partial charge in [0.25, 0.3) is 5.91 Å². The van der Waals surface area contributed by atoms with Crippen LogP contribution in [0.5, 0.6) is 0 Å². The van der Waals surface area contributed by atoms with Crippen LogP contribution in [0.3, 0.4) is 0 Å². The zero-order chi connectivity index (χ0) is 26.9. The van der Waals surface area contributed by atoms with Gasteiger partial charge in [0.15, 0.2) is 0 Å². The molecule has 0 aliphatic carbocycles. The fourth-order valence-corrected chi connectivity index (χ4v) is 4.81. The number of hydrogen-bond donors (Lipinski definition) is 2. The predicted octanol–water partition coefficient (Wildman–Crippen LogP) is 4.40. The van der Waals surface area contributed by atoms with Crippen LogP contribution in [-0.4, -0.2) is 47.3 Å². The van der Waals surface area contributed by atoms with E-state index in [0.717, 1.165) is 6.07 Å². The first-order valence-corrected chi connectivity index (χ1v) is 12.1. The van der Waals surface area contributed by atoms with Gasteiger partial charge < -0.3 is 15.5 Å². The van der Waals surface area contributed by atoms with Gasteiger partial charge in [-0.15, -0.1) is 0 Å². The summed E-state index contributed by atoms with van der Waals surface area (Å²) in [6.45, 7) is 6.10. The highest BCUT2D eigenvalue weighted by Crippen LogP contribution is 2.43. The molecule has 2 aromatic carbocycles. The molecule has 2 aliphatic rings. The van der Waals surface area contributed by atoms with E-state index in [1.807, 2.05) is 13.8 Å². The van der Waals surface area contributed by atoms with Gasteiger partial charge in [-0.2, -0.15) is 13.2 Å². The van der Waals surface area contributed by atoms with Crippen molar-refractivity contribution in [3.05, 3.63) is 82.6 Å². The Hall–Kier alpha value is -3.82. The number of benzene rings is 2. The number of rotatable bonds is 7. The Morgan fingerprint density at radius 3 is 2.35 bits per heavy atom. The molecule has 0 aromatic heterocycles. The van der Waals surface area contributed by atoms with E-state index in [0.29, 0.717) is 17.8 Å². The third kappa shape index (κ3) is 5.05. The van der Waals surface area contributed by atoms with E-state index in [9.17, 15) is 27.6 Å². The number of amides is 4. The van der Waals surface area contributed by atoms with Crippen molar-refractivity contribution in [2.24, 2.45) is 5.92 Å². The second-order valence-corrected chi connectivity index (χ2v) is 9.46. The van der Waals surface area contributed by atoms with Crippen molar-refractivity contribution >= 4 is 17.8 Å². The summed E-state index contributed by atoms with van der Waals surface area (Å²) < 4.78 is 41.6. The Bertz CT molecular complexity index is 1230. The zero-order valence-electron chi connectivity index (χ0n) is 20.8. The summed E-state index contributed by atoms with van der Waals surface area (Å²) in [7, 11) is 0. The largest absolute Gasteiger partial charge is 0.416 e. The first-order valence-electron chi connectivity index (χ1n) is 12.1. The number of urea groups is 1. The molecule has 0 saturated carbocycles. The molecule has 2 aromatic rings. The van der Waals surface area contributed by atoms with Crippen molar-refractivity contribution in [1.29, 1.82) is 0 Å². The number of likely N-dealkylation sites (N-methyl/N-ethyl adjacent to an activating group) is 1. The summed E-state index contributed by atoms with van der Waals surface area (Å²) in [6, 6.07) is 10.7. The molecule has 7 nitrogen and oxygen atoms in total. The van der Waals surface area contributed by atoms with Crippen molar-refractivity contribution < 1.29 is 27.6 Å². The maximum absolute atomic E-state index is 13.9. The van der Waals surface area contributed by atoms with Crippen LogP contribution in [0.25, 0.3) is 0 Å². The van der Waals surface area contributed by atoms with Crippen molar-refractivity contribution in [2.75, 3.05) is 19.6 Å². The molecule has 0 spiro atoms. The molecule has 2 aliphatic heterocycles. The summed E-state index contributed by atoms with van der Waals surface area (Å²) in [5, 5.41) is 5.47. The van der Waals surface area contributed by atoms with E-state index in [1.165, 1.54) is 28.0 Å². The molecule has 0 fully saturated rings. The molecule has 0 bridgehead atoms. The summed E-state index contributed by atoms with van der Waals surface area (Å²) in [4.78, 5) is 43.0. The molecule has 37 heavy (non-hydrogen) atoms. The lowest BCUT2D eigenvalue weighted by Gasteiger charge is -2.33. The van der Waals surface area contributed by atoms with Crippen LogP contribution >= 0.6 is 0 Å². The van der Waals surface area contributed by atoms with Crippen molar-refractivity contribution in [3.8, 4) is 0 Å². The molecule has 4 rings (SSSR count). The molecule has 196 valence electrons. The Morgan fingerprint density at radius 2 is 1.73 bits per heavy atom. The van der Waals surface area contributed by atoms with Crippen LogP contribution < -0.4 is 10.6 Å². The molecule has 2 heterocycles. The van der Waals surface area contributed by atoms with Crippen LogP contribution in [0.15, 0.2) is 65.9 Å². The number of nitrogens with one attached hydrogen (secondary N) is 2. The number of carbonyl (C=O) groups excluding carboxylic acids is 3. The minimum atomic E-state index is -4.69. The highest BCUT2D eigenvalue weighted by atomic mass is 19.4. The van der Waals surface area contributed by atoms with Crippen LogP contribution in [0.2, 0.25) is 0 Å². The van der Waals surface area contributed by atoms with Crippen molar-refractivity contribution in [2.45, 2.75) is 39.0 Å². The average Bonchev–Trinajstić information content (AvgIpc) is 3.19. The van der Waals surface area contributed by atoms with Crippen LogP contribution in [0.1, 0.15) is 49.5 Å². The minimum absolute atomic E-state index is 0.0377. The Balaban J connectivity index is 1.80. The van der Waals surface area contributed by atoms with Gasteiger partial charge >= 0.3 is 12.2 Å². The smallest absolute Gasteiger partial charge is 0.354 e. The van der Waals surface area contributed by atoms with E-state index in [-0.39, 0.29) is 30.1 Å². The topological polar surface area (TPSA) is 81.8 Å². The van der Waals surface area contributed by atoms with Gasteiger partial charge in [-0.1, -0.05) is 62.4 Å². The second kappa shape index (κ2) is 10.3. The summed E-state index contributed by atoms with van der Waals surface area (Å²) >= 11 is 0. The van der Waals surface area contributed by atoms with Gasteiger partial charge in [0.2, 0.25) is 5.91 Å². The highest BCUT2D eigenvalue weighted by molar-refractivity contribution is 6.04. The molecule has 2 N–H and O–H groups in total. The van der Waals surface area contributed by atoms with E-state index in [4.69, 9.17) is 0 Å². The van der Waals surface area contributed by atoms with Crippen LogP contribution in [-0.2, 0) is 15.8 Å². The van der Waals surface area contributed by atoms with Crippen LogP contribution in [0.4, 0.5) is 18.0 Å². The summed E-state index contributed by atoms with van der Waals surface area (Å²) in [6.07, 6.45) is -4.69. The Kier molecular flexibility index (Phi) is 7.29. The van der Waals surface area contributed by atoms with E-state index in [1.54, 1.807) is 37.3 Å². The lowest BCUT2D eigenvalue weighted by Crippen LogP contribution is -2.47. The summed E-state index contributed by atoms with van der Waals surface area (Å²) in [5.74, 6) is -0.826. The molecule has 2 atom stereocenters. The van der Waals surface area contributed by atoms with Gasteiger partial charge in [-0.3, -0.25) is 14.5 Å². The van der Waals surface area contributed by atoms with E-state index in [2.05, 4.69) is 10.6 Å². The van der Waals surface area contributed by atoms with E-state index >= 15 is 0 Å². The number of alkyl halides is 3. The number of nitrogens with zero attached hydrogens (tertiary/aromatic N) is 2. The Morgan fingerprint density at radius 1 is 1.08 bits per heavy atom. The standard InChI is InChI=1S/C27H29F3N4O3/c1-4-33-20-15-34(23(17-10-6-5-7-11-17)24(35)31-14-16(2)3)25(36)21(20)22(32-26(33)37)18-12-8-9-13-19(18)27(28,29)30/h5-13,16,22-23H,4,14-15H2,1-3H3,(H,31,35)(H,32,37)/t22-,23+/m1/s1. The number of carbonyl (C=O) groups is 3. The van der Waals surface area contributed by atoms with Gasteiger partial charge in [-0.25, -0.2) is 4.79 Å². The summed E-state index contributed by atoms with van der Waals surface area (Å²) in [5.41, 5.74) is -0.252. The molecule has 0 saturated heterocycles. The minimum Gasteiger partial charge on any atom is -0.354 e. The average molecular weight is 515 g/mol. The van der Waals surface area contributed by atoms with Gasteiger partial charge in [0, 0.05) is 13.1 Å². The normalized spacial score (nSPS) is 18.7. The fourth-order valence-electron chi connectivity index (χ4n) is 4.81. The number of hydrogen-bond acceptors (Lipinski definition) is 3. The molecule has 10 heteroatoms. The maximum Gasteiger partial charge on any atom is 0.416 e. The molecule has 0 radical (unpaired) electrons. The van der Waals surface area contributed by atoms with Gasteiger partial charge in [0.1, 0.15) is 6.04 Å². The molecular weight excluding hydrogens is 485 g/mol. The third-order valence-electron chi connectivity index (χ3n) is 6.50. The van der Waals surface area contributed by atoms with Crippen LogP contribution in [0, 0.1) is 5.92 Å². The second-order valence-electron chi connectivity index (χ2n) is 9.46. The lowest BCUT2D eigenvalue weighted by atomic mass is 9.91. The highest BCUT2D eigenvalue weighted by Gasteiger charge is 2.48. The number of halogens is 3. The van der Waals surface area contributed by atoms with Crippen molar-refractivity contribution in [3.63, 3.8) is 0 Å². The SMILES string of the molecule is CCN1C(=O)N[C@H](c2ccccc2C(F)(F)F)C2=C1CN([C@H](C(=O)NCC(C)C)c1ccccc1)C2=O. The van der Waals surface area contributed by atoms with E-state index < -0.39 is 41.7 Å². The van der Waals surface area contributed by atoms with Gasteiger partial charge in [0.05, 0.1) is 29.4 Å². The fraction of sp³-hybridized carbons (Fsp3) is 0.370. The van der Waals surface area contributed by atoms with Gasteiger partial charge in [-0.05, 0) is 30.0 Å². The van der Waals surface area contributed by atoms with Crippen molar-refractivity contribution in [1.82, 2.24) is 20.4 Å². The maximum atomic E-state index is 13.9. The predicted molar refractivity (Wildman–Crippen MR) is 131 cm³/mol. The third-order valence-corrected chi connectivity index (χ3v) is 6.50. The monoisotopic (exact) mass is 514 g/mol. The molecular formula is C27H29F3N4O3. The lowest BCUT2D eigenvalue weighted by molar-refractivity contribution is -0.138. The molecule has 4 amide bonds.